The van der Waals surface area contributed by atoms with E-state index in [4.69, 9.17) is 0 Å². The van der Waals surface area contributed by atoms with Gasteiger partial charge < -0.3 is 15.7 Å². The van der Waals surface area contributed by atoms with Crippen LogP contribution in [-0.4, -0.2) is 34.3 Å². The molecule has 5 nitrogen and oxygen atoms in total. The van der Waals surface area contributed by atoms with Gasteiger partial charge in [0.1, 0.15) is 18.0 Å². The molecule has 21 heavy (non-hydrogen) atoms. The minimum atomic E-state index is -0.602. The van der Waals surface area contributed by atoms with Crippen LogP contribution in [0.25, 0.3) is 0 Å². The summed E-state index contributed by atoms with van der Waals surface area (Å²) in [5.74, 6) is 2.01. The fourth-order valence-corrected chi connectivity index (χ4v) is 3.09. The van der Waals surface area contributed by atoms with Crippen molar-refractivity contribution in [3.05, 3.63) is 11.9 Å². The van der Waals surface area contributed by atoms with Crippen molar-refractivity contribution < 1.29 is 5.11 Å². The maximum atomic E-state index is 10.7. The van der Waals surface area contributed by atoms with Gasteiger partial charge >= 0.3 is 0 Å². The number of nitrogens with one attached hydrogen (secondary N) is 2. The fraction of sp³-hybridized carbons (Fsp3) is 0.750. The van der Waals surface area contributed by atoms with Crippen LogP contribution in [0.15, 0.2) is 6.33 Å². The number of nitrogens with zero attached hydrogens (tertiary/aromatic N) is 2. The lowest BCUT2D eigenvalue weighted by molar-refractivity contribution is 0.0380. The van der Waals surface area contributed by atoms with E-state index < -0.39 is 5.60 Å². The zero-order valence-corrected chi connectivity index (χ0v) is 13.4. The molecule has 0 aliphatic heterocycles. The maximum Gasteiger partial charge on any atom is 0.135 e. The highest BCUT2D eigenvalue weighted by Crippen LogP contribution is 2.30. The third-order valence-corrected chi connectivity index (χ3v) is 4.32. The van der Waals surface area contributed by atoms with Gasteiger partial charge in [0.15, 0.2) is 0 Å². The van der Waals surface area contributed by atoms with Crippen molar-refractivity contribution in [1.29, 1.82) is 0 Å². The number of aliphatic hydroxyl groups is 1. The summed E-state index contributed by atoms with van der Waals surface area (Å²) in [6.45, 7) is 4.82. The molecule has 1 aromatic rings. The van der Waals surface area contributed by atoms with E-state index in [1.807, 2.05) is 7.05 Å². The quantitative estimate of drug-likeness (QED) is 0.727. The van der Waals surface area contributed by atoms with Crippen LogP contribution in [-0.2, 0) is 0 Å². The zero-order valence-electron chi connectivity index (χ0n) is 13.4. The molecule has 0 radical (unpaired) electrons. The Kier molecular flexibility index (Phi) is 5.39. The molecular weight excluding hydrogens is 264 g/mol. The topological polar surface area (TPSA) is 70.1 Å². The minimum Gasteiger partial charge on any atom is -0.388 e. The van der Waals surface area contributed by atoms with Crippen LogP contribution in [0.5, 0.6) is 0 Å². The molecule has 0 saturated heterocycles. The van der Waals surface area contributed by atoms with Crippen molar-refractivity contribution >= 4 is 11.6 Å². The number of hydrogen-bond donors (Lipinski definition) is 3. The minimum absolute atomic E-state index is 0.319. The van der Waals surface area contributed by atoms with Crippen molar-refractivity contribution in [3.8, 4) is 0 Å². The summed E-state index contributed by atoms with van der Waals surface area (Å²) in [6.07, 6.45) is 8.01. The van der Waals surface area contributed by atoms with Crippen LogP contribution in [0.2, 0.25) is 0 Å². The van der Waals surface area contributed by atoms with E-state index in [-0.39, 0.29) is 0 Å². The molecule has 0 aromatic carbocycles. The second kappa shape index (κ2) is 7.07. The molecule has 5 heteroatoms. The predicted molar refractivity (Wildman–Crippen MR) is 86.8 cm³/mol. The van der Waals surface area contributed by atoms with Crippen molar-refractivity contribution in [2.24, 2.45) is 0 Å². The first-order valence-corrected chi connectivity index (χ1v) is 8.04. The van der Waals surface area contributed by atoms with Crippen LogP contribution in [0, 0.1) is 0 Å². The van der Waals surface area contributed by atoms with Gasteiger partial charge in [0.25, 0.3) is 0 Å². The summed E-state index contributed by atoms with van der Waals surface area (Å²) in [4.78, 5) is 8.66. The molecule has 3 N–H and O–H groups in total. The first-order valence-electron chi connectivity index (χ1n) is 8.04. The first kappa shape index (κ1) is 16.0. The van der Waals surface area contributed by atoms with Crippen molar-refractivity contribution in [2.45, 2.75) is 63.9 Å². The van der Waals surface area contributed by atoms with Crippen LogP contribution in [0.3, 0.4) is 0 Å². The molecule has 1 aliphatic rings. The Balaban J connectivity index is 2.12. The van der Waals surface area contributed by atoms with Crippen LogP contribution >= 0.6 is 0 Å². The smallest absolute Gasteiger partial charge is 0.135 e. The number of anilines is 2. The van der Waals surface area contributed by atoms with E-state index in [1.165, 1.54) is 12.8 Å². The Morgan fingerprint density at radius 3 is 2.33 bits per heavy atom. The molecule has 0 atom stereocenters. The number of hydrogen-bond acceptors (Lipinski definition) is 5. The van der Waals surface area contributed by atoms with Gasteiger partial charge in [0.2, 0.25) is 0 Å². The van der Waals surface area contributed by atoms with E-state index in [2.05, 4.69) is 34.4 Å². The molecule has 0 unspecified atom stereocenters. The van der Waals surface area contributed by atoms with Crippen LogP contribution in [0.1, 0.15) is 63.9 Å². The lowest BCUT2D eigenvalue weighted by atomic mass is 9.94. The predicted octanol–water partition coefficient (Wildman–Crippen LogP) is 3.14. The van der Waals surface area contributed by atoms with Gasteiger partial charge in [0.05, 0.1) is 5.60 Å². The van der Waals surface area contributed by atoms with Gasteiger partial charge in [-0.15, -0.1) is 0 Å². The first-order chi connectivity index (χ1) is 10.1. The normalized spacial score (nSPS) is 18.3. The van der Waals surface area contributed by atoms with Gasteiger partial charge in [-0.25, -0.2) is 9.97 Å². The van der Waals surface area contributed by atoms with E-state index in [9.17, 15) is 5.11 Å². The highest BCUT2D eigenvalue weighted by molar-refractivity contribution is 5.58. The summed E-state index contributed by atoms with van der Waals surface area (Å²) in [5, 5.41) is 17.2. The Labute approximate surface area is 127 Å². The molecule has 0 amide bonds. The van der Waals surface area contributed by atoms with Gasteiger partial charge in [-0.05, 0) is 18.8 Å². The average molecular weight is 292 g/mol. The van der Waals surface area contributed by atoms with Gasteiger partial charge in [-0.3, -0.25) is 0 Å². The van der Waals surface area contributed by atoms with Crippen LogP contribution in [0.4, 0.5) is 11.6 Å². The summed E-state index contributed by atoms with van der Waals surface area (Å²) in [5.41, 5.74) is 0.479. The molecule has 0 spiro atoms. The van der Waals surface area contributed by atoms with E-state index >= 15 is 0 Å². The Hall–Kier alpha value is -1.36. The highest BCUT2D eigenvalue weighted by Gasteiger charge is 2.28. The Bertz CT molecular complexity index is 454. The summed E-state index contributed by atoms with van der Waals surface area (Å²) >= 11 is 0. The molecule has 1 saturated carbocycles. The molecule has 118 valence electrons. The molecule has 1 fully saturated rings. The summed E-state index contributed by atoms with van der Waals surface area (Å²) in [6, 6.07) is 0. The molecule has 1 aliphatic carbocycles. The van der Waals surface area contributed by atoms with E-state index in [1.54, 1.807) is 6.33 Å². The number of rotatable bonds is 5. The Morgan fingerprint density at radius 1 is 1.14 bits per heavy atom. The zero-order chi connectivity index (χ0) is 15.3. The lowest BCUT2D eigenvalue weighted by Gasteiger charge is -2.28. The molecule has 2 rings (SSSR count). The number of aromatic nitrogens is 2. The maximum absolute atomic E-state index is 10.7. The molecule has 0 bridgehead atoms. The third kappa shape index (κ3) is 4.06. The Morgan fingerprint density at radius 2 is 1.76 bits per heavy atom. The van der Waals surface area contributed by atoms with Gasteiger partial charge in [-0.1, -0.05) is 39.5 Å². The van der Waals surface area contributed by atoms with Crippen LogP contribution < -0.4 is 10.6 Å². The monoisotopic (exact) mass is 292 g/mol. The van der Waals surface area contributed by atoms with Crippen molar-refractivity contribution in [2.75, 3.05) is 24.2 Å². The lowest BCUT2D eigenvalue weighted by Crippen LogP contribution is -2.36. The SMILES string of the molecule is CNc1ncnc(NCC2(O)CCCCCC2)c1C(C)C. The van der Waals surface area contributed by atoms with Crippen molar-refractivity contribution in [3.63, 3.8) is 0 Å². The second-order valence-electron chi connectivity index (χ2n) is 6.38. The third-order valence-electron chi connectivity index (χ3n) is 4.32. The largest absolute Gasteiger partial charge is 0.388 e. The summed E-state index contributed by atoms with van der Waals surface area (Å²) in [7, 11) is 1.87. The summed E-state index contributed by atoms with van der Waals surface area (Å²) < 4.78 is 0. The molecular formula is C16H28N4O. The van der Waals surface area contributed by atoms with Crippen molar-refractivity contribution in [1.82, 2.24) is 9.97 Å². The standard InChI is InChI=1S/C16H28N4O/c1-12(2)13-14(17-3)19-11-20-15(13)18-10-16(21)8-6-4-5-7-9-16/h11-12,21H,4-10H2,1-3H3,(H2,17,18,19,20). The highest BCUT2D eigenvalue weighted by atomic mass is 16.3. The van der Waals surface area contributed by atoms with Gasteiger partial charge in [-0.2, -0.15) is 0 Å². The molecule has 1 aromatic heterocycles. The second-order valence-corrected chi connectivity index (χ2v) is 6.38. The van der Waals surface area contributed by atoms with Gasteiger partial charge in [0, 0.05) is 19.2 Å². The van der Waals surface area contributed by atoms with E-state index in [0.29, 0.717) is 12.5 Å². The average Bonchev–Trinajstić information content (AvgIpc) is 2.69. The van der Waals surface area contributed by atoms with E-state index in [0.717, 1.165) is 42.9 Å². The fourth-order valence-electron chi connectivity index (χ4n) is 3.09. The molecule has 1 heterocycles.